The predicted octanol–water partition coefficient (Wildman–Crippen LogP) is 0.656. The SMILES string of the molecule is CCNCc1cn(CCOCCOC)cn1. The summed E-state index contributed by atoms with van der Waals surface area (Å²) in [6.07, 6.45) is 3.88. The van der Waals surface area contributed by atoms with E-state index in [1.165, 1.54) is 0 Å². The fourth-order valence-electron chi connectivity index (χ4n) is 1.29. The Balaban J connectivity index is 2.14. The average Bonchev–Trinajstić information content (AvgIpc) is 2.74. The first-order chi connectivity index (χ1) is 7.86. The Morgan fingerprint density at radius 1 is 1.38 bits per heavy atom. The molecule has 1 aromatic heterocycles. The van der Waals surface area contributed by atoms with Gasteiger partial charge in [0.15, 0.2) is 0 Å². The summed E-state index contributed by atoms with van der Waals surface area (Å²) in [6, 6.07) is 0. The van der Waals surface area contributed by atoms with Crippen LogP contribution in [0.3, 0.4) is 0 Å². The number of hydrogen-bond donors (Lipinski definition) is 1. The van der Waals surface area contributed by atoms with Crippen molar-refractivity contribution in [2.24, 2.45) is 0 Å². The summed E-state index contributed by atoms with van der Waals surface area (Å²) in [5, 5.41) is 3.24. The molecule has 0 aliphatic heterocycles. The third-order valence-electron chi connectivity index (χ3n) is 2.17. The minimum absolute atomic E-state index is 0.648. The van der Waals surface area contributed by atoms with E-state index in [4.69, 9.17) is 9.47 Å². The van der Waals surface area contributed by atoms with Gasteiger partial charge in [-0.3, -0.25) is 0 Å². The van der Waals surface area contributed by atoms with Gasteiger partial charge >= 0.3 is 0 Å². The van der Waals surface area contributed by atoms with Crippen LogP contribution < -0.4 is 5.32 Å². The van der Waals surface area contributed by atoms with Crippen LogP contribution in [0.15, 0.2) is 12.5 Å². The van der Waals surface area contributed by atoms with Crippen molar-refractivity contribution < 1.29 is 9.47 Å². The molecule has 5 heteroatoms. The molecule has 1 aromatic rings. The van der Waals surface area contributed by atoms with Gasteiger partial charge in [-0.1, -0.05) is 6.92 Å². The number of aromatic nitrogens is 2. The van der Waals surface area contributed by atoms with Crippen LogP contribution in [0.25, 0.3) is 0 Å². The van der Waals surface area contributed by atoms with Gasteiger partial charge in [-0.15, -0.1) is 0 Å². The van der Waals surface area contributed by atoms with E-state index >= 15 is 0 Å². The maximum absolute atomic E-state index is 5.38. The molecule has 0 unspecified atom stereocenters. The third-order valence-corrected chi connectivity index (χ3v) is 2.17. The molecular weight excluding hydrogens is 206 g/mol. The van der Waals surface area contributed by atoms with E-state index in [9.17, 15) is 0 Å². The Hall–Kier alpha value is -0.910. The first-order valence-electron chi connectivity index (χ1n) is 5.65. The number of imidazole rings is 1. The van der Waals surface area contributed by atoms with Crippen LogP contribution in [0, 0.1) is 0 Å². The Morgan fingerprint density at radius 3 is 3.00 bits per heavy atom. The highest BCUT2D eigenvalue weighted by Crippen LogP contribution is 1.95. The predicted molar refractivity (Wildman–Crippen MR) is 62.3 cm³/mol. The lowest BCUT2D eigenvalue weighted by Gasteiger charge is -2.03. The zero-order valence-electron chi connectivity index (χ0n) is 10.1. The normalized spacial score (nSPS) is 10.9. The van der Waals surface area contributed by atoms with E-state index < -0.39 is 0 Å². The summed E-state index contributed by atoms with van der Waals surface area (Å²) in [4.78, 5) is 4.29. The standard InChI is InChI=1S/C11H21N3O2/c1-3-12-8-11-9-14(10-13-11)4-5-16-7-6-15-2/h9-10,12H,3-8H2,1-2H3. The zero-order chi connectivity index (χ0) is 11.6. The summed E-state index contributed by atoms with van der Waals surface area (Å²) in [7, 11) is 1.67. The summed E-state index contributed by atoms with van der Waals surface area (Å²) in [6.45, 7) is 6.70. The molecule has 16 heavy (non-hydrogen) atoms. The fourth-order valence-corrected chi connectivity index (χ4v) is 1.29. The van der Waals surface area contributed by atoms with Crippen molar-refractivity contribution in [1.29, 1.82) is 0 Å². The molecule has 0 spiro atoms. The maximum Gasteiger partial charge on any atom is 0.0950 e. The lowest BCUT2D eigenvalue weighted by atomic mass is 10.4. The van der Waals surface area contributed by atoms with E-state index in [1.54, 1.807) is 7.11 Å². The minimum Gasteiger partial charge on any atom is -0.382 e. The van der Waals surface area contributed by atoms with Gasteiger partial charge in [-0.05, 0) is 6.54 Å². The lowest BCUT2D eigenvalue weighted by molar-refractivity contribution is 0.0666. The van der Waals surface area contributed by atoms with Crippen molar-refractivity contribution in [3.05, 3.63) is 18.2 Å². The Bertz CT molecular complexity index is 276. The molecule has 0 saturated heterocycles. The molecule has 1 N–H and O–H groups in total. The van der Waals surface area contributed by atoms with Crippen LogP contribution in [0.4, 0.5) is 0 Å². The van der Waals surface area contributed by atoms with Gasteiger partial charge in [0.2, 0.25) is 0 Å². The first-order valence-corrected chi connectivity index (χ1v) is 5.65. The average molecular weight is 227 g/mol. The molecule has 5 nitrogen and oxygen atoms in total. The van der Waals surface area contributed by atoms with Crippen molar-refractivity contribution in [2.75, 3.05) is 33.5 Å². The molecule has 0 radical (unpaired) electrons. The summed E-state index contributed by atoms with van der Waals surface area (Å²) in [5.74, 6) is 0. The molecule has 1 heterocycles. The lowest BCUT2D eigenvalue weighted by Crippen LogP contribution is -2.12. The highest BCUT2D eigenvalue weighted by Gasteiger charge is 1.97. The van der Waals surface area contributed by atoms with Crippen molar-refractivity contribution >= 4 is 0 Å². The fraction of sp³-hybridized carbons (Fsp3) is 0.727. The largest absolute Gasteiger partial charge is 0.382 e. The molecule has 0 aromatic carbocycles. The second-order valence-electron chi connectivity index (χ2n) is 3.49. The molecule has 0 atom stereocenters. The molecule has 92 valence electrons. The molecule has 0 aliphatic carbocycles. The second-order valence-corrected chi connectivity index (χ2v) is 3.49. The van der Waals surface area contributed by atoms with Gasteiger partial charge in [-0.25, -0.2) is 4.98 Å². The van der Waals surface area contributed by atoms with Gasteiger partial charge in [0.25, 0.3) is 0 Å². The smallest absolute Gasteiger partial charge is 0.0950 e. The number of nitrogens with one attached hydrogen (secondary N) is 1. The van der Waals surface area contributed by atoms with E-state index in [0.29, 0.717) is 19.8 Å². The topological polar surface area (TPSA) is 48.3 Å². The number of hydrogen-bond acceptors (Lipinski definition) is 4. The Morgan fingerprint density at radius 2 is 2.25 bits per heavy atom. The van der Waals surface area contributed by atoms with Gasteiger partial charge in [0.1, 0.15) is 0 Å². The molecule has 1 rings (SSSR count). The monoisotopic (exact) mass is 227 g/mol. The van der Waals surface area contributed by atoms with E-state index in [2.05, 4.69) is 17.2 Å². The maximum atomic E-state index is 5.38. The summed E-state index contributed by atoms with van der Waals surface area (Å²) >= 11 is 0. The first kappa shape index (κ1) is 13.2. The van der Waals surface area contributed by atoms with Crippen LogP contribution in [-0.4, -0.2) is 43.0 Å². The molecule has 0 amide bonds. The van der Waals surface area contributed by atoms with Crippen molar-refractivity contribution in [2.45, 2.75) is 20.0 Å². The summed E-state index contributed by atoms with van der Waals surface area (Å²) < 4.78 is 12.3. The quantitative estimate of drug-likeness (QED) is 0.629. The number of methoxy groups -OCH3 is 1. The highest BCUT2D eigenvalue weighted by atomic mass is 16.5. The van der Waals surface area contributed by atoms with E-state index in [1.807, 2.05) is 17.1 Å². The van der Waals surface area contributed by atoms with Gasteiger partial charge in [0, 0.05) is 26.4 Å². The van der Waals surface area contributed by atoms with Crippen LogP contribution in [0.2, 0.25) is 0 Å². The number of nitrogens with zero attached hydrogens (tertiary/aromatic N) is 2. The van der Waals surface area contributed by atoms with E-state index in [-0.39, 0.29) is 0 Å². The van der Waals surface area contributed by atoms with Crippen LogP contribution in [0.5, 0.6) is 0 Å². The number of ether oxygens (including phenoxy) is 2. The van der Waals surface area contributed by atoms with Gasteiger partial charge in [-0.2, -0.15) is 0 Å². The van der Waals surface area contributed by atoms with Crippen molar-refractivity contribution in [3.8, 4) is 0 Å². The van der Waals surface area contributed by atoms with Gasteiger partial charge in [0.05, 0.1) is 31.8 Å². The van der Waals surface area contributed by atoms with E-state index in [0.717, 1.165) is 25.3 Å². The summed E-state index contributed by atoms with van der Waals surface area (Å²) in [5.41, 5.74) is 1.07. The zero-order valence-corrected chi connectivity index (χ0v) is 10.1. The van der Waals surface area contributed by atoms with Crippen LogP contribution in [0.1, 0.15) is 12.6 Å². The second kappa shape index (κ2) is 8.27. The molecular formula is C11H21N3O2. The van der Waals surface area contributed by atoms with Crippen molar-refractivity contribution in [3.63, 3.8) is 0 Å². The molecule has 0 fully saturated rings. The molecule has 0 aliphatic rings. The third kappa shape index (κ3) is 5.25. The molecule has 0 bridgehead atoms. The Kier molecular flexibility index (Phi) is 6.80. The van der Waals surface area contributed by atoms with Crippen LogP contribution >= 0.6 is 0 Å². The van der Waals surface area contributed by atoms with Crippen LogP contribution in [-0.2, 0) is 22.6 Å². The Labute approximate surface area is 96.8 Å². The van der Waals surface area contributed by atoms with Crippen molar-refractivity contribution in [1.82, 2.24) is 14.9 Å². The molecule has 0 saturated carbocycles. The number of rotatable bonds is 9. The minimum atomic E-state index is 0.648. The van der Waals surface area contributed by atoms with Gasteiger partial charge < -0.3 is 19.4 Å². The highest BCUT2D eigenvalue weighted by molar-refractivity contribution is 4.95.